The van der Waals surface area contributed by atoms with Crippen LogP contribution in [0.4, 0.5) is 11.4 Å². The minimum atomic E-state index is -1.28. The fraction of sp³-hybridized carbons (Fsp3) is 0.263. The third-order valence-corrected chi connectivity index (χ3v) is 7.32. The smallest absolute Gasteiger partial charge is 0.871 e. The van der Waals surface area contributed by atoms with Crippen molar-refractivity contribution in [3.8, 4) is 23.0 Å². The number of rotatable bonds is 6. The van der Waals surface area contributed by atoms with E-state index in [9.17, 15) is 30.0 Å². The third-order valence-electron chi connectivity index (χ3n) is 7.32. The van der Waals surface area contributed by atoms with E-state index in [1.807, 2.05) is 41.5 Å². The van der Waals surface area contributed by atoms with Crippen LogP contribution >= 0.6 is 0 Å². The number of benzene rings is 4. The van der Waals surface area contributed by atoms with Crippen LogP contribution in [0.3, 0.4) is 0 Å². The fourth-order valence-corrected chi connectivity index (χ4v) is 4.56. The zero-order chi connectivity index (χ0) is 36.1. The standard InChI is InChI=1S/2C19H21NO4.2Cu/c2*1-11-7-12(17(22)14(8-11)18(23)24)10-20-15-9-13(19(2,3)4)5-6-16(15)21;;/h2*5-10,21-22H,1-4H3,(H,23,24);;/q;;2*+2/p-4. The molecule has 270 valence electrons. The van der Waals surface area contributed by atoms with Crippen molar-refractivity contribution in [2.24, 2.45) is 9.98 Å². The number of carboxylic acids is 2. The first-order valence-corrected chi connectivity index (χ1v) is 15.0. The molecule has 4 rings (SSSR count). The summed E-state index contributed by atoms with van der Waals surface area (Å²) in [6.07, 6.45) is 2.51. The predicted molar refractivity (Wildman–Crippen MR) is 179 cm³/mol. The van der Waals surface area contributed by atoms with Crippen molar-refractivity contribution in [1.29, 1.82) is 0 Å². The molecule has 0 heterocycles. The van der Waals surface area contributed by atoms with Gasteiger partial charge in [0.05, 0.1) is 22.5 Å². The summed E-state index contributed by atoms with van der Waals surface area (Å²) in [6, 6.07) is 15.5. The molecule has 10 nitrogen and oxygen atoms in total. The minimum absolute atomic E-state index is 0. The molecule has 50 heavy (non-hydrogen) atoms. The molecule has 0 aromatic heterocycles. The predicted octanol–water partition coefficient (Wildman–Crippen LogP) is 5.77. The average molecular weight is 778 g/mol. The molecule has 0 saturated carbocycles. The van der Waals surface area contributed by atoms with Gasteiger partial charge in [-0.05, 0) is 82.3 Å². The Morgan fingerprint density at radius 3 is 1.18 bits per heavy atom. The summed E-state index contributed by atoms with van der Waals surface area (Å²) < 4.78 is 0. The van der Waals surface area contributed by atoms with Gasteiger partial charge < -0.3 is 30.6 Å². The Hall–Kier alpha value is -4.60. The molecule has 0 atom stereocenters. The molecule has 0 spiro atoms. The van der Waals surface area contributed by atoms with Gasteiger partial charge in [0.25, 0.3) is 0 Å². The topological polar surface area (TPSA) is 192 Å². The molecular formula is C38H38Cu2N2O8. The van der Waals surface area contributed by atoms with Gasteiger partial charge in [0.15, 0.2) is 0 Å². The van der Waals surface area contributed by atoms with Gasteiger partial charge >= 0.3 is 46.1 Å². The van der Waals surface area contributed by atoms with Crippen LogP contribution in [-0.4, -0.2) is 34.6 Å². The second-order valence-electron chi connectivity index (χ2n) is 13.5. The zero-order valence-corrected chi connectivity index (χ0v) is 30.7. The maximum Gasteiger partial charge on any atom is 2.00 e. The molecule has 12 heteroatoms. The van der Waals surface area contributed by atoms with Crippen LogP contribution in [0.1, 0.15) is 95.6 Å². The summed E-state index contributed by atoms with van der Waals surface area (Å²) in [5.41, 5.74) is 3.03. The summed E-state index contributed by atoms with van der Waals surface area (Å²) in [4.78, 5) is 30.5. The van der Waals surface area contributed by atoms with Gasteiger partial charge in [-0.1, -0.05) is 101 Å². The summed E-state index contributed by atoms with van der Waals surface area (Å²) in [5.74, 6) is -4.29. The van der Waals surface area contributed by atoms with E-state index in [0.29, 0.717) is 11.1 Å². The van der Waals surface area contributed by atoms with Gasteiger partial charge in [-0.2, -0.15) is 0 Å². The second-order valence-corrected chi connectivity index (χ2v) is 13.5. The largest absolute Gasteiger partial charge is 2.00 e. The Bertz CT molecular complexity index is 1780. The van der Waals surface area contributed by atoms with E-state index in [0.717, 1.165) is 11.1 Å². The Morgan fingerprint density at radius 2 is 0.900 bits per heavy atom. The van der Waals surface area contributed by atoms with E-state index in [1.54, 1.807) is 50.2 Å². The Kier molecular flexibility index (Phi) is 15.1. The number of aliphatic imine (C=N–C) groups is 2. The maximum atomic E-state index is 12.1. The van der Waals surface area contributed by atoms with Crippen molar-refractivity contribution < 1.29 is 74.4 Å². The van der Waals surface area contributed by atoms with E-state index >= 15 is 0 Å². The molecule has 4 aromatic carbocycles. The van der Waals surface area contributed by atoms with Crippen molar-refractivity contribution in [1.82, 2.24) is 0 Å². The van der Waals surface area contributed by atoms with Crippen LogP contribution in [-0.2, 0) is 45.0 Å². The molecule has 4 aromatic rings. The summed E-state index contributed by atoms with van der Waals surface area (Å²) >= 11 is 0. The van der Waals surface area contributed by atoms with Gasteiger partial charge in [-0.15, -0.1) is 0 Å². The van der Waals surface area contributed by atoms with E-state index in [1.165, 1.54) is 36.7 Å². The maximum absolute atomic E-state index is 12.1. The number of carboxylic acid groups (broad SMARTS) is 2. The molecule has 2 N–H and O–H groups in total. The number of nitrogens with zero attached hydrogens (tertiary/aromatic N) is 2. The van der Waals surface area contributed by atoms with Crippen molar-refractivity contribution in [3.05, 3.63) is 105 Å². The van der Waals surface area contributed by atoms with Gasteiger partial charge in [0.1, 0.15) is 0 Å². The Morgan fingerprint density at radius 1 is 0.580 bits per heavy atom. The quantitative estimate of drug-likeness (QED) is 0.182. The Labute approximate surface area is 313 Å². The summed E-state index contributed by atoms with van der Waals surface area (Å²) in [6.45, 7) is 15.5. The zero-order valence-electron chi connectivity index (χ0n) is 28.8. The van der Waals surface area contributed by atoms with Crippen molar-refractivity contribution >= 4 is 35.7 Å². The van der Waals surface area contributed by atoms with Gasteiger partial charge in [0, 0.05) is 12.4 Å². The molecule has 0 unspecified atom stereocenters. The summed E-state index contributed by atoms with van der Waals surface area (Å²) in [5, 5.41) is 66.4. The first-order chi connectivity index (χ1) is 22.2. The van der Waals surface area contributed by atoms with Crippen molar-refractivity contribution in [2.75, 3.05) is 0 Å². The number of hydrogen-bond donors (Lipinski definition) is 2. The molecule has 0 saturated heterocycles. The van der Waals surface area contributed by atoms with Gasteiger partial charge in [0.2, 0.25) is 0 Å². The molecular weight excluding hydrogens is 740 g/mol. The number of aromatic carboxylic acids is 2. The monoisotopic (exact) mass is 776 g/mol. The second kappa shape index (κ2) is 17.4. The molecule has 0 aliphatic carbocycles. The number of hydrogen-bond acceptors (Lipinski definition) is 8. The van der Waals surface area contributed by atoms with Crippen LogP contribution < -0.4 is 20.4 Å². The minimum Gasteiger partial charge on any atom is -0.871 e. The first-order valence-electron chi connectivity index (χ1n) is 15.0. The Balaban J connectivity index is 0.000000481. The number of carbonyl (C=O) groups is 2. The molecule has 2 radical (unpaired) electrons. The van der Waals surface area contributed by atoms with E-state index < -0.39 is 23.4 Å². The average Bonchev–Trinajstić information content (AvgIpc) is 2.97. The molecule has 0 fully saturated rings. The van der Waals surface area contributed by atoms with Gasteiger partial charge in [-0.3, -0.25) is 9.98 Å². The van der Waals surface area contributed by atoms with Crippen LogP contribution in [0.2, 0.25) is 0 Å². The van der Waals surface area contributed by atoms with Crippen LogP contribution in [0.15, 0.2) is 70.6 Å². The summed E-state index contributed by atoms with van der Waals surface area (Å²) in [7, 11) is 0. The fourth-order valence-electron chi connectivity index (χ4n) is 4.56. The normalized spacial score (nSPS) is 11.4. The first kappa shape index (κ1) is 43.4. The molecule has 0 aliphatic rings. The van der Waals surface area contributed by atoms with E-state index in [-0.39, 0.29) is 90.1 Å². The SMILES string of the molecule is Cc1cc(C=Nc2cc(C(C)(C)C)ccc2[O-])c([O-])c(C(=O)O)c1.Cc1cc(C=Nc2cc(C(C)(C)C)ccc2[O-])c([O-])c(C(=O)O)c1.[Cu+2].[Cu+2]. The molecule has 0 amide bonds. The third kappa shape index (κ3) is 11.2. The van der Waals surface area contributed by atoms with Crippen LogP contribution in [0.5, 0.6) is 23.0 Å². The van der Waals surface area contributed by atoms with Crippen LogP contribution in [0, 0.1) is 13.8 Å². The molecule has 0 bridgehead atoms. The van der Waals surface area contributed by atoms with Gasteiger partial charge in [-0.25, -0.2) is 9.59 Å². The van der Waals surface area contributed by atoms with E-state index in [4.69, 9.17) is 10.2 Å². The van der Waals surface area contributed by atoms with Crippen molar-refractivity contribution in [3.63, 3.8) is 0 Å². The van der Waals surface area contributed by atoms with E-state index in [2.05, 4.69) is 9.98 Å². The van der Waals surface area contributed by atoms with Crippen molar-refractivity contribution in [2.45, 2.75) is 66.2 Å². The van der Waals surface area contributed by atoms with Crippen LogP contribution in [0.25, 0.3) is 0 Å². The molecule has 0 aliphatic heterocycles. The number of aryl methyl sites for hydroxylation is 2.